The van der Waals surface area contributed by atoms with Gasteiger partial charge in [0.15, 0.2) is 0 Å². The summed E-state index contributed by atoms with van der Waals surface area (Å²) in [5.74, 6) is -0.326. The van der Waals surface area contributed by atoms with Gasteiger partial charge in [-0.15, -0.1) is 0 Å². The molecule has 4 heteroatoms. The summed E-state index contributed by atoms with van der Waals surface area (Å²) in [6.07, 6.45) is 2.69. The van der Waals surface area contributed by atoms with Crippen LogP contribution in [0.15, 0.2) is 42.5 Å². The van der Waals surface area contributed by atoms with Crippen LogP contribution in [0.4, 0.5) is 0 Å². The Hall–Kier alpha value is -2.00. The van der Waals surface area contributed by atoms with Crippen LogP contribution in [0.5, 0.6) is 5.75 Å². The summed E-state index contributed by atoms with van der Waals surface area (Å²) in [7, 11) is 0. The molecular weight excluding hydrogens is 286 g/mol. The lowest BCUT2D eigenvalue weighted by Crippen LogP contribution is -2.38. The van der Waals surface area contributed by atoms with Crippen LogP contribution >= 0.6 is 11.6 Å². The Morgan fingerprint density at radius 1 is 1.19 bits per heavy atom. The first-order valence-corrected chi connectivity index (χ1v) is 7.37. The lowest BCUT2D eigenvalue weighted by Gasteiger charge is -2.25. The van der Waals surface area contributed by atoms with E-state index in [1.807, 2.05) is 12.1 Å². The van der Waals surface area contributed by atoms with Crippen molar-refractivity contribution in [3.8, 4) is 5.75 Å². The average molecular weight is 302 g/mol. The van der Waals surface area contributed by atoms with Crippen molar-refractivity contribution < 1.29 is 9.90 Å². The number of rotatable bonds is 2. The van der Waals surface area contributed by atoms with Gasteiger partial charge in [-0.05, 0) is 48.6 Å². The molecule has 0 spiro atoms. The molecule has 3 nitrogen and oxygen atoms in total. The maximum absolute atomic E-state index is 12.3. The van der Waals surface area contributed by atoms with Gasteiger partial charge >= 0.3 is 0 Å². The Morgan fingerprint density at radius 3 is 2.76 bits per heavy atom. The van der Waals surface area contributed by atoms with E-state index in [1.165, 1.54) is 23.3 Å². The number of benzene rings is 2. The number of hydrogen-bond donors (Lipinski definition) is 2. The highest BCUT2D eigenvalue weighted by atomic mass is 35.5. The number of halogens is 1. The van der Waals surface area contributed by atoms with E-state index >= 15 is 0 Å². The van der Waals surface area contributed by atoms with Crippen LogP contribution in [0.1, 0.15) is 27.9 Å². The van der Waals surface area contributed by atoms with Crippen molar-refractivity contribution in [2.45, 2.75) is 25.3 Å². The molecule has 0 saturated heterocycles. The van der Waals surface area contributed by atoms with Crippen molar-refractivity contribution in [3.05, 3.63) is 64.2 Å². The zero-order valence-corrected chi connectivity index (χ0v) is 12.2. The summed E-state index contributed by atoms with van der Waals surface area (Å²) in [5.41, 5.74) is 2.86. The number of amides is 1. The average Bonchev–Trinajstić information content (AvgIpc) is 2.49. The third-order valence-corrected chi connectivity index (χ3v) is 4.12. The highest BCUT2D eigenvalue weighted by molar-refractivity contribution is 6.31. The summed E-state index contributed by atoms with van der Waals surface area (Å²) in [6.45, 7) is 0. The number of phenolic OH excluding ortho intramolecular Hbond substituents is 1. The fraction of sp³-hybridized carbons (Fsp3) is 0.235. The van der Waals surface area contributed by atoms with E-state index in [0.717, 1.165) is 19.3 Å². The number of aryl methyl sites for hydroxylation is 1. The van der Waals surface area contributed by atoms with Crippen molar-refractivity contribution in [1.82, 2.24) is 5.32 Å². The molecule has 0 aliphatic heterocycles. The van der Waals surface area contributed by atoms with Gasteiger partial charge in [0.1, 0.15) is 5.75 Å². The Bertz CT molecular complexity index is 684. The van der Waals surface area contributed by atoms with Gasteiger partial charge in [0, 0.05) is 11.1 Å². The zero-order valence-electron chi connectivity index (χ0n) is 11.5. The molecule has 0 heterocycles. The van der Waals surface area contributed by atoms with Gasteiger partial charge in [-0.1, -0.05) is 35.9 Å². The van der Waals surface area contributed by atoms with E-state index in [-0.39, 0.29) is 23.3 Å². The number of carbonyl (C=O) groups is 1. The van der Waals surface area contributed by atoms with E-state index in [4.69, 9.17) is 11.6 Å². The molecule has 0 bridgehead atoms. The van der Waals surface area contributed by atoms with Gasteiger partial charge < -0.3 is 10.4 Å². The van der Waals surface area contributed by atoms with Crippen LogP contribution in [0.25, 0.3) is 0 Å². The molecule has 21 heavy (non-hydrogen) atoms. The maximum atomic E-state index is 12.3. The first-order valence-electron chi connectivity index (χ1n) is 6.99. The molecule has 0 radical (unpaired) electrons. The van der Waals surface area contributed by atoms with Crippen molar-refractivity contribution >= 4 is 17.5 Å². The Kier molecular flexibility index (Phi) is 3.84. The second kappa shape index (κ2) is 5.78. The fourth-order valence-corrected chi connectivity index (χ4v) is 2.95. The molecule has 1 amide bonds. The van der Waals surface area contributed by atoms with Gasteiger partial charge in [0.05, 0.1) is 5.56 Å². The highest BCUT2D eigenvalue weighted by Crippen LogP contribution is 2.24. The Morgan fingerprint density at radius 2 is 1.95 bits per heavy atom. The molecule has 2 aromatic carbocycles. The smallest absolute Gasteiger partial charge is 0.255 e. The number of aromatic hydroxyl groups is 1. The number of phenols is 1. The van der Waals surface area contributed by atoms with E-state index in [9.17, 15) is 9.90 Å². The van der Waals surface area contributed by atoms with Crippen LogP contribution in [-0.4, -0.2) is 17.1 Å². The fourth-order valence-electron chi connectivity index (χ4n) is 2.77. The van der Waals surface area contributed by atoms with Crippen LogP contribution in [-0.2, 0) is 12.8 Å². The molecule has 2 aromatic rings. The van der Waals surface area contributed by atoms with Crippen LogP contribution in [0.3, 0.4) is 0 Å². The summed E-state index contributed by atoms with van der Waals surface area (Å²) < 4.78 is 0. The molecule has 0 fully saturated rings. The predicted molar refractivity (Wildman–Crippen MR) is 82.8 cm³/mol. The molecule has 0 saturated carbocycles. The quantitative estimate of drug-likeness (QED) is 0.894. The summed E-state index contributed by atoms with van der Waals surface area (Å²) in [4.78, 5) is 12.3. The minimum atomic E-state index is -0.278. The molecule has 1 atom stereocenters. The number of carbonyl (C=O) groups excluding carboxylic acids is 1. The van der Waals surface area contributed by atoms with E-state index in [2.05, 4.69) is 17.4 Å². The minimum absolute atomic E-state index is 0.0480. The van der Waals surface area contributed by atoms with Crippen molar-refractivity contribution in [3.63, 3.8) is 0 Å². The van der Waals surface area contributed by atoms with Crippen molar-refractivity contribution in [1.29, 1.82) is 0 Å². The van der Waals surface area contributed by atoms with Crippen LogP contribution < -0.4 is 5.32 Å². The Labute approximate surface area is 128 Å². The van der Waals surface area contributed by atoms with Crippen LogP contribution in [0.2, 0.25) is 5.02 Å². The molecule has 1 aliphatic carbocycles. The summed E-state index contributed by atoms with van der Waals surface area (Å²) >= 11 is 5.88. The zero-order chi connectivity index (χ0) is 14.8. The second-order valence-electron chi connectivity index (χ2n) is 5.34. The lowest BCUT2D eigenvalue weighted by molar-refractivity contribution is 0.0931. The maximum Gasteiger partial charge on any atom is 0.255 e. The van der Waals surface area contributed by atoms with Gasteiger partial charge in [0.25, 0.3) is 5.91 Å². The third kappa shape index (κ3) is 3.03. The molecular formula is C17H16ClNO2. The normalized spacial score (nSPS) is 17.1. The van der Waals surface area contributed by atoms with E-state index in [0.29, 0.717) is 5.02 Å². The topological polar surface area (TPSA) is 49.3 Å². The third-order valence-electron chi connectivity index (χ3n) is 3.89. The molecule has 1 unspecified atom stereocenters. The minimum Gasteiger partial charge on any atom is -0.507 e. The largest absolute Gasteiger partial charge is 0.507 e. The number of fused-ring (bicyclic) bond motifs is 1. The number of hydrogen-bond acceptors (Lipinski definition) is 2. The predicted octanol–water partition coefficient (Wildman–Crippen LogP) is 3.33. The molecule has 2 N–H and O–H groups in total. The van der Waals surface area contributed by atoms with Gasteiger partial charge in [-0.25, -0.2) is 0 Å². The van der Waals surface area contributed by atoms with E-state index < -0.39 is 0 Å². The Balaban J connectivity index is 1.73. The molecule has 0 aromatic heterocycles. The van der Waals surface area contributed by atoms with Crippen molar-refractivity contribution in [2.75, 3.05) is 0 Å². The van der Waals surface area contributed by atoms with Gasteiger partial charge in [-0.3, -0.25) is 4.79 Å². The van der Waals surface area contributed by atoms with Gasteiger partial charge in [-0.2, -0.15) is 0 Å². The molecule has 3 rings (SSSR count). The van der Waals surface area contributed by atoms with Crippen LogP contribution in [0, 0.1) is 0 Å². The second-order valence-corrected chi connectivity index (χ2v) is 5.78. The molecule has 1 aliphatic rings. The van der Waals surface area contributed by atoms with Gasteiger partial charge in [0.2, 0.25) is 0 Å². The lowest BCUT2D eigenvalue weighted by atomic mass is 9.88. The first kappa shape index (κ1) is 14.0. The number of nitrogens with one attached hydrogen (secondary N) is 1. The summed E-state index contributed by atoms with van der Waals surface area (Å²) in [6, 6.07) is 12.9. The monoisotopic (exact) mass is 301 g/mol. The molecule has 108 valence electrons. The standard InChI is InChI=1S/C17H16ClNO2/c18-13-6-8-16(20)15(10-13)17(21)19-14-7-5-11-3-1-2-4-12(11)9-14/h1-4,6,8,10,14,20H,5,7,9H2,(H,19,21). The van der Waals surface area contributed by atoms with Crippen molar-refractivity contribution in [2.24, 2.45) is 0 Å². The highest BCUT2D eigenvalue weighted by Gasteiger charge is 2.21. The summed E-state index contributed by atoms with van der Waals surface area (Å²) in [5, 5.41) is 13.2. The first-order chi connectivity index (χ1) is 10.1. The SMILES string of the molecule is O=C(NC1CCc2ccccc2C1)c1cc(Cl)ccc1O. The van der Waals surface area contributed by atoms with E-state index in [1.54, 1.807) is 6.07 Å².